The summed E-state index contributed by atoms with van der Waals surface area (Å²) in [6, 6.07) is 6.94. The number of alkyl halides is 1. The largest absolute Gasteiger partial charge is 0.486 e. The molecule has 0 spiro atoms. The van der Waals surface area contributed by atoms with E-state index in [1.807, 2.05) is 0 Å². The van der Waals surface area contributed by atoms with E-state index in [0.29, 0.717) is 12.2 Å². The quantitative estimate of drug-likeness (QED) is 0.793. The molecule has 77 valence electrons. The Balaban J connectivity index is 1.93. The van der Waals surface area contributed by atoms with E-state index < -0.39 is 6.67 Å². The predicted molar refractivity (Wildman–Crippen MR) is 56.5 cm³/mol. The topological polar surface area (TPSA) is 22.1 Å². The fourth-order valence-corrected chi connectivity index (χ4v) is 1.58. The SMILES string of the molecule is FCc1ccc(OCc2n[c]cs2)cc1. The van der Waals surface area contributed by atoms with Gasteiger partial charge in [0.05, 0.1) is 0 Å². The van der Waals surface area contributed by atoms with Crippen LogP contribution < -0.4 is 4.74 Å². The molecule has 0 aliphatic rings. The van der Waals surface area contributed by atoms with Crippen LogP contribution in [0, 0.1) is 6.20 Å². The van der Waals surface area contributed by atoms with Crippen molar-refractivity contribution in [1.82, 2.24) is 4.98 Å². The minimum atomic E-state index is -0.443. The first-order chi connectivity index (χ1) is 7.38. The molecule has 15 heavy (non-hydrogen) atoms. The second kappa shape index (κ2) is 4.89. The van der Waals surface area contributed by atoms with Gasteiger partial charge in [0.15, 0.2) is 0 Å². The Kier molecular flexibility index (Phi) is 3.29. The first-order valence-corrected chi connectivity index (χ1v) is 5.34. The van der Waals surface area contributed by atoms with Crippen LogP contribution in [0.1, 0.15) is 10.6 Å². The molecule has 0 bridgehead atoms. The third-order valence-electron chi connectivity index (χ3n) is 1.88. The van der Waals surface area contributed by atoms with Crippen molar-refractivity contribution >= 4 is 11.3 Å². The van der Waals surface area contributed by atoms with E-state index in [4.69, 9.17) is 4.74 Å². The molecule has 0 aliphatic heterocycles. The summed E-state index contributed by atoms with van der Waals surface area (Å²) in [4.78, 5) is 3.97. The number of nitrogens with zero attached hydrogens (tertiary/aromatic N) is 1. The summed E-state index contributed by atoms with van der Waals surface area (Å²) < 4.78 is 17.7. The Hall–Kier alpha value is -1.42. The maximum atomic E-state index is 12.2. The predicted octanol–water partition coefficient (Wildman–Crippen LogP) is 2.99. The van der Waals surface area contributed by atoms with Crippen LogP contribution in [0.15, 0.2) is 29.6 Å². The molecule has 2 aromatic rings. The summed E-state index contributed by atoms with van der Waals surface area (Å²) in [5.41, 5.74) is 0.657. The molecule has 0 saturated heterocycles. The van der Waals surface area contributed by atoms with Crippen LogP contribution in [0.3, 0.4) is 0 Å². The Bertz CT molecular complexity index is 399. The van der Waals surface area contributed by atoms with Crippen molar-refractivity contribution < 1.29 is 9.13 Å². The molecule has 0 fully saturated rings. The molecule has 0 saturated carbocycles. The highest BCUT2D eigenvalue weighted by molar-refractivity contribution is 7.09. The van der Waals surface area contributed by atoms with Crippen molar-refractivity contribution in [3.63, 3.8) is 0 Å². The number of aromatic nitrogens is 1. The molecular formula is C11H9FNOS. The number of thiazole rings is 1. The van der Waals surface area contributed by atoms with Gasteiger partial charge < -0.3 is 4.74 Å². The van der Waals surface area contributed by atoms with Gasteiger partial charge in [0.25, 0.3) is 0 Å². The zero-order valence-electron chi connectivity index (χ0n) is 7.94. The third kappa shape index (κ3) is 2.76. The highest BCUT2D eigenvalue weighted by Crippen LogP contribution is 2.15. The highest BCUT2D eigenvalue weighted by Gasteiger charge is 1.98. The summed E-state index contributed by atoms with van der Waals surface area (Å²) in [7, 11) is 0. The smallest absolute Gasteiger partial charge is 0.140 e. The van der Waals surface area contributed by atoms with Crippen molar-refractivity contribution in [3.05, 3.63) is 46.4 Å². The number of halogens is 1. The minimum absolute atomic E-state index is 0.434. The summed E-state index contributed by atoms with van der Waals surface area (Å²) in [6.45, 7) is -0.00907. The molecule has 0 aliphatic carbocycles. The van der Waals surface area contributed by atoms with Gasteiger partial charge in [0.2, 0.25) is 0 Å². The Labute approximate surface area is 91.4 Å². The number of hydrogen-bond acceptors (Lipinski definition) is 3. The monoisotopic (exact) mass is 222 g/mol. The molecule has 4 heteroatoms. The van der Waals surface area contributed by atoms with E-state index >= 15 is 0 Å². The van der Waals surface area contributed by atoms with Gasteiger partial charge >= 0.3 is 0 Å². The van der Waals surface area contributed by atoms with Crippen LogP contribution in [-0.2, 0) is 13.3 Å². The second-order valence-corrected chi connectivity index (χ2v) is 3.88. The maximum absolute atomic E-state index is 12.2. The Morgan fingerprint density at radius 2 is 2.13 bits per heavy atom. The van der Waals surface area contributed by atoms with Crippen LogP contribution >= 0.6 is 11.3 Å². The minimum Gasteiger partial charge on any atom is -0.486 e. The summed E-state index contributed by atoms with van der Waals surface area (Å²) in [5, 5.41) is 2.66. The fourth-order valence-electron chi connectivity index (χ4n) is 1.11. The lowest BCUT2D eigenvalue weighted by Crippen LogP contribution is -1.94. The molecule has 0 atom stereocenters. The molecule has 1 radical (unpaired) electrons. The van der Waals surface area contributed by atoms with Crippen LogP contribution in [0.4, 0.5) is 4.39 Å². The van der Waals surface area contributed by atoms with E-state index in [1.165, 1.54) is 11.3 Å². The maximum Gasteiger partial charge on any atom is 0.140 e. The Morgan fingerprint density at radius 1 is 1.33 bits per heavy atom. The summed E-state index contributed by atoms with van der Waals surface area (Å²) in [5.74, 6) is 0.724. The van der Waals surface area contributed by atoms with E-state index in [9.17, 15) is 4.39 Å². The molecule has 2 rings (SSSR count). The van der Waals surface area contributed by atoms with Crippen molar-refractivity contribution in [1.29, 1.82) is 0 Å². The van der Waals surface area contributed by atoms with Crippen molar-refractivity contribution in [2.75, 3.05) is 0 Å². The fraction of sp³-hybridized carbons (Fsp3) is 0.182. The average molecular weight is 222 g/mol. The molecule has 1 aromatic carbocycles. The Morgan fingerprint density at radius 3 is 2.73 bits per heavy atom. The molecule has 1 aromatic heterocycles. The van der Waals surface area contributed by atoms with E-state index in [0.717, 1.165) is 10.8 Å². The first-order valence-electron chi connectivity index (χ1n) is 4.46. The van der Waals surface area contributed by atoms with Gasteiger partial charge in [-0.1, -0.05) is 12.1 Å². The standard InChI is InChI=1S/C11H9FNOS/c12-7-9-1-3-10(4-2-9)14-8-11-13-5-6-15-11/h1-4,6H,7-8H2. The third-order valence-corrected chi connectivity index (χ3v) is 2.58. The number of rotatable bonds is 4. The van der Waals surface area contributed by atoms with Crippen LogP contribution in [0.2, 0.25) is 0 Å². The van der Waals surface area contributed by atoms with Gasteiger partial charge in [0, 0.05) is 5.38 Å². The van der Waals surface area contributed by atoms with Gasteiger partial charge in [-0.15, -0.1) is 11.3 Å². The molecule has 0 unspecified atom stereocenters. The van der Waals surface area contributed by atoms with Crippen molar-refractivity contribution in [2.24, 2.45) is 0 Å². The molecule has 1 heterocycles. The van der Waals surface area contributed by atoms with E-state index in [2.05, 4.69) is 11.2 Å². The van der Waals surface area contributed by atoms with Gasteiger partial charge in [0.1, 0.15) is 30.2 Å². The number of hydrogen-bond donors (Lipinski definition) is 0. The number of ether oxygens (including phenoxy) is 1. The first kappa shape index (κ1) is 10.1. The van der Waals surface area contributed by atoms with Gasteiger partial charge in [-0.05, 0) is 17.7 Å². The second-order valence-electron chi connectivity index (χ2n) is 2.94. The zero-order chi connectivity index (χ0) is 10.5. The lowest BCUT2D eigenvalue weighted by molar-refractivity contribution is 0.305. The van der Waals surface area contributed by atoms with Crippen LogP contribution in [-0.4, -0.2) is 4.98 Å². The molecule has 2 nitrogen and oxygen atoms in total. The average Bonchev–Trinajstić information content (AvgIpc) is 2.80. The lowest BCUT2D eigenvalue weighted by Gasteiger charge is -2.03. The van der Waals surface area contributed by atoms with Crippen LogP contribution in [0.25, 0.3) is 0 Å². The van der Waals surface area contributed by atoms with Gasteiger partial charge in [-0.3, -0.25) is 0 Å². The molecule has 0 amide bonds. The highest BCUT2D eigenvalue weighted by atomic mass is 32.1. The lowest BCUT2D eigenvalue weighted by atomic mass is 10.2. The summed E-state index contributed by atoms with van der Waals surface area (Å²) >= 11 is 1.50. The van der Waals surface area contributed by atoms with Crippen molar-refractivity contribution in [3.8, 4) is 5.75 Å². The number of benzene rings is 1. The van der Waals surface area contributed by atoms with Gasteiger partial charge in [-0.2, -0.15) is 0 Å². The normalized spacial score (nSPS) is 10.2. The molecule has 0 N–H and O–H groups in total. The summed E-state index contributed by atoms with van der Waals surface area (Å²) in [6.07, 6.45) is 2.72. The van der Waals surface area contributed by atoms with E-state index in [-0.39, 0.29) is 0 Å². The zero-order valence-corrected chi connectivity index (χ0v) is 8.76. The molecular weight excluding hydrogens is 213 g/mol. The van der Waals surface area contributed by atoms with Crippen molar-refractivity contribution in [2.45, 2.75) is 13.3 Å². The van der Waals surface area contributed by atoms with Crippen LogP contribution in [0.5, 0.6) is 5.75 Å². The van der Waals surface area contributed by atoms with E-state index in [1.54, 1.807) is 29.6 Å². The van der Waals surface area contributed by atoms with Gasteiger partial charge in [-0.25, -0.2) is 9.37 Å².